The summed E-state index contributed by atoms with van der Waals surface area (Å²) in [5.74, 6) is 0.696. The van der Waals surface area contributed by atoms with Gasteiger partial charge in [0, 0.05) is 24.7 Å². The summed E-state index contributed by atoms with van der Waals surface area (Å²) >= 11 is 0. The topological polar surface area (TPSA) is 64.4 Å². The van der Waals surface area contributed by atoms with Crippen LogP contribution >= 0.6 is 0 Å². The highest BCUT2D eigenvalue weighted by atomic mass is 16.6. The van der Waals surface area contributed by atoms with Gasteiger partial charge in [0.1, 0.15) is 12.4 Å². The Morgan fingerprint density at radius 2 is 2.18 bits per heavy atom. The molecule has 0 heterocycles. The molecule has 0 spiro atoms. The molecule has 0 unspecified atom stereocenters. The van der Waals surface area contributed by atoms with E-state index in [0.29, 0.717) is 18.4 Å². The van der Waals surface area contributed by atoms with Crippen LogP contribution in [-0.4, -0.2) is 24.1 Å². The summed E-state index contributed by atoms with van der Waals surface area (Å²) in [5, 5.41) is 13.8. The molecule has 0 saturated heterocycles. The van der Waals surface area contributed by atoms with Crippen LogP contribution in [0.4, 0.5) is 5.69 Å². The normalized spacial score (nSPS) is 10.6. The van der Waals surface area contributed by atoms with Crippen LogP contribution in [0.5, 0.6) is 5.75 Å². The average Bonchev–Trinajstić information content (AvgIpc) is 2.25. The Kier molecular flexibility index (Phi) is 4.90. The van der Waals surface area contributed by atoms with Crippen LogP contribution in [0.3, 0.4) is 0 Å². The molecule has 0 atom stereocenters. The number of nitro benzene ring substituents is 1. The van der Waals surface area contributed by atoms with E-state index in [1.807, 2.05) is 0 Å². The summed E-state index contributed by atoms with van der Waals surface area (Å²) in [5.41, 5.74) is 0.874. The van der Waals surface area contributed by atoms with Gasteiger partial charge >= 0.3 is 0 Å². The Bertz CT molecular complexity index is 391. The van der Waals surface area contributed by atoms with Gasteiger partial charge in [-0.25, -0.2) is 0 Å². The second kappa shape index (κ2) is 6.20. The minimum atomic E-state index is -0.406. The summed E-state index contributed by atoms with van der Waals surface area (Å²) in [6.07, 6.45) is 0. The van der Waals surface area contributed by atoms with Gasteiger partial charge in [-0.2, -0.15) is 0 Å². The fraction of sp³-hybridized carbons (Fsp3) is 0.500. The van der Waals surface area contributed by atoms with Crippen molar-refractivity contribution in [3.63, 3.8) is 0 Å². The molecule has 1 aromatic rings. The number of hydrogen-bond donors (Lipinski definition) is 1. The van der Waals surface area contributed by atoms with Crippen LogP contribution in [0.25, 0.3) is 0 Å². The molecule has 0 aliphatic rings. The second-order valence-corrected chi connectivity index (χ2v) is 4.16. The molecule has 5 nitrogen and oxygen atoms in total. The number of rotatable bonds is 6. The number of nitro groups is 1. The number of ether oxygens (including phenoxy) is 1. The molecule has 5 heteroatoms. The van der Waals surface area contributed by atoms with Crippen LogP contribution < -0.4 is 10.1 Å². The maximum absolute atomic E-state index is 10.6. The Morgan fingerprint density at radius 1 is 1.47 bits per heavy atom. The number of benzene rings is 1. The van der Waals surface area contributed by atoms with Crippen molar-refractivity contribution >= 4 is 5.69 Å². The Balaban J connectivity index is 2.52. The van der Waals surface area contributed by atoms with Crippen molar-refractivity contribution in [3.8, 4) is 5.75 Å². The molecule has 0 bridgehead atoms. The SMILES string of the molecule is Cc1cc([N+](=O)[O-])ccc1OCCNC(C)C. The molecular weight excluding hydrogens is 220 g/mol. The third-order valence-electron chi connectivity index (χ3n) is 2.28. The second-order valence-electron chi connectivity index (χ2n) is 4.16. The van der Waals surface area contributed by atoms with Gasteiger partial charge in [0.15, 0.2) is 0 Å². The van der Waals surface area contributed by atoms with Gasteiger partial charge in [0.2, 0.25) is 0 Å². The zero-order valence-corrected chi connectivity index (χ0v) is 10.4. The van der Waals surface area contributed by atoms with Gasteiger partial charge in [-0.05, 0) is 18.6 Å². The largest absolute Gasteiger partial charge is 0.492 e. The lowest BCUT2D eigenvalue weighted by Gasteiger charge is -2.11. The van der Waals surface area contributed by atoms with Crippen molar-refractivity contribution in [2.24, 2.45) is 0 Å². The predicted octanol–water partition coefficient (Wildman–Crippen LogP) is 2.28. The number of nitrogens with zero attached hydrogens (tertiary/aromatic N) is 1. The van der Waals surface area contributed by atoms with Crippen LogP contribution in [0.2, 0.25) is 0 Å². The highest BCUT2D eigenvalue weighted by Gasteiger charge is 2.08. The fourth-order valence-electron chi connectivity index (χ4n) is 1.42. The van der Waals surface area contributed by atoms with Crippen LogP contribution in [0.15, 0.2) is 18.2 Å². The first-order valence-electron chi connectivity index (χ1n) is 5.62. The molecule has 0 aliphatic heterocycles. The minimum Gasteiger partial charge on any atom is -0.492 e. The van der Waals surface area contributed by atoms with Crippen molar-refractivity contribution in [1.29, 1.82) is 0 Å². The van der Waals surface area contributed by atoms with Gasteiger partial charge in [-0.1, -0.05) is 13.8 Å². The van der Waals surface area contributed by atoms with Crippen molar-refractivity contribution in [2.75, 3.05) is 13.2 Å². The van der Waals surface area contributed by atoms with E-state index in [-0.39, 0.29) is 5.69 Å². The predicted molar refractivity (Wildman–Crippen MR) is 66.5 cm³/mol. The fourth-order valence-corrected chi connectivity index (χ4v) is 1.42. The maximum Gasteiger partial charge on any atom is 0.269 e. The standard InChI is InChI=1S/C12H18N2O3/c1-9(2)13-6-7-17-12-5-4-11(14(15)16)8-10(12)3/h4-5,8-9,13H,6-7H2,1-3H3. The Morgan fingerprint density at radius 3 is 2.71 bits per heavy atom. The quantitative estimate of drug-likeness (QED) is 0.469. The molecule has 0 amide bonds. The van der Waals surface area contributed by atoms with E-state index < -0.39 is 4.92 Å². The lowest BCUT2D eigenvalue weighted by molar-refractivity contribution is -0.384. The number of nitrogens with one attached hydrogen (secondary N) is 1. The first kappa shape index (κ1) is 13.4. The molecule has 0 radical (unpaired) electrons. The zero-order chi connectivity index (χ0) is 12.8. The van der Waals surface area contributed by atoms with Crippen LogP contribution in [0.1, 0.15) is 19.4 Å². The van der Waals surface area contributed by atoms with Gasteiger partial charge in [0.05, 0.1) is 4.92 Å². The van der Waals surface area contributed by atoms with E-state index >= 15 is 0 Å². The summed E-state index contributed by atoms with van der Waals surface area (Å²) < 4.78 is 5.54. The monoisotopic (exact) mass is 238 g/mol. The molecule has 1 N–H and O–H groups in total. The smallest absolute Gasteiger partial charge is 0.269 e. The van der Waals surface area contributed by atoms with Gasteiger partial charge in [-0.15, -0.1) is 0 Å². The summed E-state index contributed by atoms with van der Waals surface area (Å²) in [6, 6.07) is 5.04. The summed E-state index contributed by atoms with van der Waals surface area (Å²) in [6.45, 7) is 7.25. The number of aryl methyl sites for hydroxylation is 1. The van der Waals surface area contributed by atoms with Gasteiger partial charge in [-0.3, -0.25) is 10.1 Å². The van der Waals surface area contributed by atoms with E-state index in [1.54, 1.807) is 13.0 Å². The van der Waals surface area contributed by atoms with Crippen LogP contribution in [-0.2, 0) is 0 Å². The highest BCUT2D eigenvalue weighted by Crippen LogP contribution is 2.22. The summed E-state index contributed by atoms with van der Waals surface area (Å²) in [4.78, 5) is 10.1. The van der Waals surface area contributed by atoms with E-state index in [1.165, 1.54) is 12.1 Å². The first-order chi connectivity index (χ1) is 8.00. The van der Waals surface area contributed by atoms with E-state index in [4.69, 9.17) is 4.74 Å². The van der Waals surface area contributed by atoms with Crippen molar-refractivity contribution in [2.45, 2.75) is 26.8 Å². The van der Waals surface area contributed by atoms with Crippen molar-refractivity contribution < 1.29 is 9.66 Å². The molecule has 0 aliphatic carbocycles. The molecular formula is C12H18N2O3. The molecule has 0 aromatic heterocycles. The number of hydrogen-bond acceptors (Lipinski definition) is 4. The van der Waals surface area contributed by atoms with Crippen molar-refractivity contribution in [3.05, 3.63) is 33.9 Å². The molecule has 94 valence electrons. The molecule has 0 fully saturated rings. The van der Waals surface area contributed by atoms with Crippen molar-refractivity contribution in [1.82, 2.24) is 5.32 Å². The lowest BCUT2D eigenvalue weighted by Crippen LogP contribution is -2.27. The third-order valence-corrected chi connectivity index (χ3v) is 2.28. The van der Waals surface area contributed by atoms with E-state index in [9.17, 15) is 10.1 Å². The molecule has 1 aromatic carbocycles. The Hall–Kier alpha value is -1.62. The van der Waals surface area contributed by atoms with E-state index in [0.717, 1.165) is 12.1 Å². The minimum absolute atomic E-state index is 0.0927. The van der Waals surface area contributed by atoms with Gasteiger partial charge in [0.25, 0.3) is 5.69 Å². The Labute approximate surface area is 101 Å². The third kappa shape index (κ3) is 4.40. The molecule has 17 heavy (non-hydrogen) atoms. The summed E-state index contributed by atoms with van der Waals surface area (Å²) in [7, 11) is 0. The molecule has 0 saturated carbocycles. The molecule has 1 rings (SSSR count). The number of non-ortho nitro benzene ring substituents is 1. The van der Waals surface area contributed by atoms with Gasteiger partial charge < -0.3 is 10.1 Å². The zero-order valence-electron chi connectivity index (χ0n) is 10.4. The first-order valence-corrected chi connectivity index (χ1v) is 5.62. The van der Waals surface area contributed by atoms with Crippen LogP contribution in [0, 0.1) is 17.0 Å². The lowest BCUT2D eigenvalue weighted by atomic mass is 10.2. The maximum atomic E-state index is 10.6. The van der Waals surface area contributed by atoms with E-state index in [2.05, 4.69) is 19.2 Å². The average molecular weight is 238 g/mol. The highest BCUT2D eigenvalue weighted by molar-refractivity contribution is 5.42.